The van der Waals surface area contributed by atoms with E-state index in [4.69, 9.17) is 0 Å². The smallest absolute Gasteiger partial charge is 0.139 e. The fraction of sp³-hybridized carbons (Fsp3) is 0.250. The Hall–Kier alpha value is -0.940. The molecular weight excluding hydrogens is 303 g/mol. The molecule has 0 bridgehead atoms. The van der Waals surface area contributed by atoms with E-state index in [-0.39, 0.29) is 5.82 Å². The maximum atomic E-state index is 13.4. The lowest BCUT2D eigenvalue weighted by Gasteiger charge is -2.10. The number of hydrogen-bond donors (Lipinski definition) is 1. The zero-order chi connectivity index (χ0) is 12.4. The topological polar surface area (TPSA) is 24.9 Å². The van der Waals surface area contributed by atoms with E-state index in [1.165, 1.54) is 10.9 Å². The number of aryl methyl sites for hydroxylation is 2. The van der Waals surface area contributed by atoms with Crippen LogP contribution in [0.4, 0.5) is 10.1 Å². The predicted molar refractivity (Wildman–Crippen MR) is 73.0 cm³/mol. The average molecular weight is 315 g/mol. The van der Waals surface area contributed by atoms with E-state index < -0.39 is 0 Å². The van der Waals surface area contributed by atoms with E-state index in [0.29, 0.717) is 11.0 Å². The summed E-state index contributed by atoms with van der Waals surface area (Å²) in [6.45, 7) is 4.60. The van der Waals surface area contributed by atoms with Gasteiger partial charge in [-0.25, -0.2) is 9.37 Å². The maximum absolute atomic E-state index is 13.4. The Kier molecular flexibility index (Phi) is 3.79. The molecule has 2 nitrogen and oxygen atoms in total. The number of hydrogen-bond acceptors (Lipinski definition) is 3. The first-order valence-corrected chi connectivity index (χ1v) is 6.83. The summed E-state index contributed by atoms with van der Waals surface area (Å²) in [5.41, 5.74) is 4.68. The molecule has 1 N–H and O–H groups in total. The average Bonchev–Trinajstić information content (AvgIpc) is 2.68. The Bertz CT molecular complexity index is 539. The van der Waals surface area contributed by atoms with Gasteiger partial charge in [0.1, 0.15) is 5.82 Å². The number of nitrogens with zero attached hydrogens (tertiary/aromatic N) is 1. The van der Waals surface area contributed by atoms with Crippen molar-refractivity contribution in [3.05, 3.63) is 44.1 Å². The van der Waals surface area contributed by atoms with Crippen molar-refractivity contribution in [1.29, 1.82) is 0 Å². The Morgan fingerprint density at radius 1 is 1.41 bits per heavy atom. The molecule has 0 aliphatic heterocycles. The molecule has 1 heterocycles. The van der Waals surface area contributed by atoms with Gasteiger partial charge in [0.15, 0.2) is 0 Å². The highest BCUT2D eigenvalue weighted by molar-refractivity contribution is 9.10. The van der Waals surface area contributed by atoms with Crippen molar-refractivity contribution in [2.75, 3.05) is 5.32 Å². The summed E-state index contributed by atoms with van der Waals surface area (Å²) in [5, 5.41) is 3.23. The number of nitrogens with one attached hydrogen (secondary N) is 1. The molecule has 0 unspecified atom stereocenters. The van der Waals surface area contributed by atoms with Crippen LogP contribution in [0.1, 0.15) is 16.1 Å². The van der Waals surface area contributed by atoms with Gasteiger partial charge in [-0.1, -0.05) is 0 Å². The zero-order valence-electron chi connectivity index (χ0n) is 9.55. The second kappa shape index (κ2) is 5.14. The third-order valence-corrected chi connectivity index (χ3v) is 4.09. The van der Waals surface area contributed by atoms with Gasteiger partial charge < -0.3 is 5.32 Å². The Balaban J connectivity index is 2.14. The van der Waals surface area contributed by atoms with Gasteiger partial charge in [0.05, 0.1) is 22.2 Å². The van der Waals surface area contributed by atoms with Crippen LogP contribution in [0.2, 0.25) is 0 Å². The van der Waals surface area contributed by atoms with E-state index in [9.17, 15) is 4.39 Å². The molecule has 0 spiro atoms. The monoisotopic (exact) mass is 314 g/mol. The molecule has 0 atom stereocenters. The molecule has 0 saturated carbocycles. The van der Waals surface area contributed by atoms with Crippen LogP contribution in [0.25, 0.3) is 0 Å². The summed E-state index contributed by atoms with van der Waals surface area (Å²) in [5.74, 6) is -0.251. The minimum absolute atomic E-state index is 0.251. The molecule has 1 aromatic carbocycles. The van der Waals surface area contributed by atoms with Crippen molar-refractivity contribution in [3.63, 3.8) is 0 Å². The predicted octanol–water partition coefficient (Wildman–Crippen LogP) is 4.27. The van der Waals surface area contributed by atoms with Crippen molar-refractivity contribution < 1.29 is 4.39 Å². The van der Waals surface area contributed by atoms with Gasteiger partial charge in [-0.15, -0.1) is 11.3 Å². The summed E-state index contributed by atoms with van der Waals surface area (Å²) in [6, 6.07) is 3.28. The minimum atomic E-state index is -0.251. The minimum Gasteiger partial charge on any atom is -0.380 e. The maximum Gasteiger partial charge on any atom is 0.139 e. The lowest BCUT2D eigenvalue weighted by atomic mass is 10.2. The highest BCUT2D eigenvalue weighted by Crippen LogP contribution is 2.25. The SMILES string of the molecule is Cc1cc(Br)c(F)cc1NCc1scnc1C. The number of anilines is 1. The molecule has 2 aromatic rings. The molecule has 5 heteroatoms. The van der Waals surface area contributed by atoms with E-state index in [1.54, 1.807) is 17.4 Å². The van der Waals surface area contributed by atoms with Crippen molar-refractivity contribution in [2.24, 2.45) is 0 Å². The van der Waals surface area contributed by atoms with Gasteiger partial charge in [0, 0.05) is 10.6 Å². The van der Waals surface area contributed by atoms with Crippen molar-refractivity contribution in [3.8, 4) is 0 Å². The van der Waals surface area contributed by atoms with Gasteiger partial charge in [-0.05, 0) is 47.5 Å². The first kappa shape index (κ1) is 12.5. The molecule has 17 heavy (non-hydrogen) atoms. The van der Waals surface area contributed by atoms with Gasteiger partial charge >= 0.3 is 0 Å². The molecule has 0 aliphatic rings. The van der Waals surface area contributed by atoms with Crippen LogP contribution >= 0.6 is 27.3 Å². The summed E-state index contributed by atoms with van der Waals surface area (Å²) < 4.78 is 13.9. The standard InChI is InChI=1S/C12H12BrFN2S/c1-7-3-9(13)10(14)4-11(7)15-5-12-8(2)16-6-17-12/h3-4,6,15H,5H2,1-2H3. The van der Waals surface area contributed by atoms with E-state index >= 15 is 0 Å². The second-order valence-electron chi connectivity index (χ2n) is 3.80. The van der Waals surface area contributed by atoms with E-state index in [1.807, 2.05) is 19.4 Å². The van der Waals surface area contributed by atoms with Gasteiger partial charge in [0.2, 0.25) is 0 Å². The lowest BCUT2D eigenvalue weighted by Crippen LogP contribution is -2.01. The molecule has 90 valence electrons. The van der Waals surface area contributed by atoms with Crippen LogP contribution in [-0.4, -0.2) is 4.98 Å². The van der Waals surface area contributed by atoms with Crippen molar-refractivity contribution in [2.45, 2.75) is 20.4 Å². The van der Waals surface area contributed by atoms with Crippen LogP contribution in [0.15, 0.2) is 22.1 Å². The number of thiazole rings is 1. The Labute approximate surface area is 112 Å². The molecule has 0 aliphatic carbocycles. The van der Waals surface area contributed by atoms with Gasteiger partial charge in [-0.2, -0.15) is 0 Å². The zero-order valence-corrected chi connectivity index (χ0v) is 12.0. The van der Waals surface area contributed by atoms with Crippen molar-refractivity contribution >= 4 is 33.0 Å². The number of halogens is 2. The first-order chi connectivity index (χ1) is 8.08. The number of benzene rings is 1. The highest BCUT2D eigenvalue weighted by atomic mass is 79.9. The second-order valence-corrected chi connectivity index (χ2v) is 5.59. The Morgan fingerprint density at radius 3 is 2.82 bits per heavy atom. The van der Waals surface area contributed by atoms with Crippen LogP contribution < -0.4 is 5.32 Å². The summed E-state index contributed by atoms with van der Waals surface area (Å²) in [4.78, 5) is 5.35. The third-order valence-electron chi connectivity index (χ3n) is 2.55. The fourth-order valence-corrected chi connectivity index (χ4v) is 2.68. The van der Waals surface area contributed by atoms with Crippen LogP contribution in [0.3, 0.4) is 0 Å². The third kappa shape index (κ3) is 2.84. The summed E-state index contributed by atoms with van der Waals surface area (Å²) in [6.07, 6.45) is 0. The molecule has 2 rings (SSSR count). The molecule has 1 aromatic heterocycles. The molecular formula is C12H12BrFN2S. The van der Waals surface area contributed by atoms with E-state index in [2.05, 4.69) is 26.2 Å². The molecule has 0 saturated heterocycles. The normalized spacial score (nSPS) is 10.6. The highest BCUT2D eigenvalue weighted by Gasteiger charge is 2.06. The largest absolute Gasteiger partial charge is 0.380 e. The molecule has 0 radical (unpaired) electrons. The number of aromatic nitrogens is 1. The first-order valence-electron chi connectivity index (χ1n) is 5.16. The lowest BCUT2D eigenvalue weighted by molar-refractivity contribution is 0.621. The summed E-state index contributed by atoms with van der Waals surface area (Å²) in [7, 11) is 0. The van der Waals surface area contributed by atoms with Gasteiger partial charge in [0.25, 0.3) is 0 Å². The Morgan fingerprint density at radius 2 is 2.18 bits per heavy atom. The van der Waals surface area contributed by atoms with Crippen LogP contribution in [0.5, 0.6) is 0 Å². The quantitative estimate of drug-likeness (QED) is 0.915. The van der Waals surface area contributed by atoms with Crippen LogP contribution in [-0.2, 0) is 6.54 Å². The number of rotatable bonds is 3. The van der Waals surface area contributed by atoms with Crippen LogP contribution in [0, 0.1) is 19.7 Å². The van der Waals surface area contributed by atoms with E-state index in [0.717, 1.165) is 16.9 Å². The van der Waals surface area contributed by atoms with Gasteiger partial charge in [-0.3, -0.25) is 0 Å². The molecule has 0 fully saturated rings. The summed E-state index contributed by atoms with van der Waals surface area (Å²) >= 11 is 4.78. The molecule has 0 amide bonds. The van der Waals surface area contributed by atoms with Crippen molar-refractivity contribution in [1.82, 2.24) is 4.98 Å². The fourth-order valence-electron chi connectivity index (χ4n) is 1.51.